The number of nitrogens with one attached hydrogen (secondary N) is 1. The molecular weight excluding hydrogens is 392 g/mol. The first-order chi connectivity index (χ1) is 15.0. The predicted octanol–water partition coefficient (Wildman–Crippen LogP) is 2.68. The summed E-state index contributed by atoms with van der Waals surface area (Å²) in [7, 11) is 1.61. The van der Waals surface area contributed by atoms with Crippen LogP contribution in [0.25, 0.3) is 0 Å². The Balaban J connectivity index is 1.27. The number of ether oxygens (including phenoxy) is 1. The Bertz CT molecular complexity index is 1050. The van der Waals surface area contributed by atoms with Gasteiger partial charge in [0.25, 0.3) is 5.91 Å². The number of fused-ring (bicyclic) bond motifs is 1. The Morgan fingerprint density at radius 3 is 2.87 bits per heavy atom. The van der Waals surface area contributed by atoms with Gasteiger partial charge in [-0.25, -0.2) is 4.98 Å². The molecule has 31 heavy (non-hydrogen) atoms. The summed E-state index contributed by atoms with van der Waals surface area (Å²) in [4.78, 5) is 32.2. The zero-order valence-electron chi connectivity index (χ0n) is 17.8. The molecule has 2 aromatic rings. The van der Waals surface area contributed by atoms with E-state index in [2.05, 4.69) is 10.3 Å². The lowest BCUT2D eigenvalue weighted by atomic mass is 9.79. The predicted molar refractivity (Wildman–Crippen MR) is 116 cm³/mol. The van der Waals surface area contributed by atoms with Gasteiger partial charge in [0.05, 0.1) is 12.7 Å². The lowest BCUT2D eigenvalue weighted by Crippen LogP contribution is -2.39. The summed E-state index contributed by atoms with van der Waals surface area (Å²) in [5.74, 6) is 1.18. The third kappa shape index (κ3) is 3.62. The van der Waals surface area contributed by atoms with E-state index in [0.717, 1.165) is 29.0 Å². The van der Waals surface area contributed by atoms with Crippen LogP contribution in [0, 0.1) is 11.3 Å². The molecule has 0 unspecified atom stereocenters. The number of rotatable bonds is 5. The maximum atomic E-state index is 13.0. The fourth-order valence-electron chi connectivity index (χ4n) is 5.02. The number of hydrogen-bond donors (Lipinski definition) is 2. The lowest BCUT2D eigenvalue weighted by Gasteiger charge is -2.32. The zero-order chi connectivity index (χ0) is 21.6. The van der Waals surface area contributed by atoms with Gasteiger partial charge in [0.1, 0.15) is 11.6 Å². The number of anilines is 1. The molecule has 2 saturated carbocycles. The molecule has 3 aliphatic rings. The average molecular weight is 421 g/mol. The highest BCUT2D eigenvalue weighted by Gasteiger charge is 2.61. The molecule has 1 atom stereocenters. The molecule has 2 amide bonds. The molecule has 2 heterocycles. The van der Waals surface area contributed by atoms with Crippen LogP contribution < -0.4 is 15.8 Å². The summed E-state index contributed by atoms with van der Waals surface area (Å²) < 4.78 is 5.23. The standard InChI is InChI=1S/C24H28N4O3/c1-31-17-5-2-4-15(10-17)13-26-22(29)18-11-16-14-28(9-6-20(16)27-21(18)25)23(30)19-12-24(19)7-3-8-24/h2,4-5,10-11,19H,3,6-9,12-14H2,1H3,(H2,25,27)(H,26,29)/t19-/m0/s1. The molecule has 1 aliphatic heterocycles. The highest BCUT2D eigenvalue weighted by atomic mass is 16.5. The molecule has 0 bridgehead atoms. The average Bonchev–Trinajstić information content (AvgIpc) is 3.53. The molecule has 7 nitrogen and oxygen atoms in total. The van der Waals surface area contributed by atoms with Crippen molar-refractivity contribution < 1.29 is 14.3 Å². The lowest BCUT2D eigenvalue weighted by molar-refractivity contribution is -0.134. The van der Waals surface area contributed by atoms with Crippen LogP contribution in [0.4, 0.5) is 5.82 Å². The minimum absolute atomic E-state index is 0.204. The van der Waals surface area contributed by atoms with Crippen LogP contribution in [0.15, 0.2) is 30.3 Å². The van der Waals surface area contributed by atoms with Crippen molar-refractivity contribution in [1.29, 1.82) is 0 Å². The van der Waals surface area contributed by atoms with Crippen molar-refractivity contribution in [3.8, 4) is 5.75 Å². The second-order valence-corrected chi connectivity index (χ2v) is 9.04. The van der Waals surface area contributed by atoms with Crippen molar-refractivity contribution in [1.82, 2.24) is 15.2 Å². The molecule has 0 radical (unpaired) electrons. The van der Waals surface area contributed by atoms with E-state index in [4.69, 9.17) is 10.5 Å². The maximum absolute atomic E-state index is 13.0. The van der Waals surface area contributed by atoms with Gasteiger partial charge in [-0.1, -0.05) is 18.6 Å². The smallest absolute Gasteiger partial charge is 0.255 e. The van der Waals surface area contributed by atoms with Crippen molar-refractivity contribution in [3.05, 3.63) is 52.7 Å². The van der Waals surface area contributed by atoms with Crippen LogP contribution in [0.2, 0.25) is 0 Å². The number of nitrogens with zero attached hydrogens (tertiary/aromatic N) is 2. The molecule has 2 fully saturated rings. The molecular formula is C24H28N4O3. The molecule has 2 aliphatic carbocycles. The Kier molecular flexibility index (Phi) is 4.84. The fourth-order valence-corrected chi connectivity index (χ4v) is 5.02. The monoisotopic (exact) mass is 420 g/mol. The molecule has 1 aromatic heterocycles. The molecule has 162 valence electrons. The zero-order valence-corrected chi connectivity index (χ0v) is 17.8. The van der Waals surface area contributed by atoms with Crippen molar-refractivity contribution in [2.75, 3.05) is 19.4 Å². The van der Waals surface area contributed by atoms with Gasteiger partial charge in [-0.3, -0.25) is 9.59 Å². The number of nitrogen functional groups attached to an aromatic ring is 1. The minimum Gasteiger partial charge on any atom is -0.497 e. The number of amides is 2. The Labute approximate surface area is 182 Å². The van der Waals surface area contributed by atoms with Crippen molar-refractivity contribution in [2.24, 2.45) is 11.3 Å². The van der Waals surface area contributed by atoms with Gasteiger partial charge in [0, 0.05) is 37.7 Å². The van der Waals surface area contributed by atoms with E-state index in [1.54, 1.807) is 7.11 Å². The van der Waals surface area contributed by atoms with Gasteiger partial charge in [-0.05, 0) is 54.0 Å². The van der Waals surface area contributed by atoms with Crippen LogP contribution in [-0.4, -0.2) is 35.4 Å². The van der Waals surface area contributed by atoms with Crippen molar-refractivity contribution in [2.45, 2.75) is 45.2 Å². The summed E-state index contributed by atoms with van der Waals surface area (Å²) in [5.41, 5.74) is 9.52. The number of nitrogens with two attached hydrogens (primary N) is 1. The number of hydrogen-bond acceptors (Lipinski definition) is 5. The first kappa shape index (κ1) is 19.8. The SMILES string of the molecule is COc1cccc(CNC(=O)c2cc3c(nc2N)CCN(C(=O)[C@@H]2CC24CCC4)C3)c1. The largest absolute Gasteiger partial charge is 0.497 e. The van der Waals surface area contributed by atoms with E-state index >= 15 is 0 Å². The Hall–Kier alpha value is -3.09. The Morgan fingerprint density at radius 1 is 1.32 bits per heavy atom. The number of pyridine rings is 1. The second-order valence-electron chi connectivity index (χ2n) is 9.04. The summed E-state index contributed by atoms with van der Waals surface area (Å²) in [6, 6.07) is 9.36. The second kappa shape index (κ2) is 7.55. The van der Waals surface area contributed by atoms with E-state index in [1.807, 2.05) is 35.2 Å². The highest BCUT2D eigenvalue weighted by molar-refractivity contribution is 5.98. The van der Waals surface area contributed by atoms with E-state index in [9.17, 15) is 9.59 Å². The first-order valence-electron chi connectivity index (χ1n) is 11.0. The summed E-state index contributed by atoms with van der Waals surface area (Å²) in [6.07, 6.45) is 5.38. The molecule has 3 N–H and O–H groups in total. The van der Waals surface area contributed by atoms with Crippen molar-refractivity contribution in [3.63, 3.8) is 0 Å². The van der Waals surface area contributed by atoms with Crippen LogP contribution in [0.1, 0.15) is 52.9 Å². The molecule has 1 aromatic carbocycles. The highest BCUT2D eigenvalue weighted by Crippen LogP contribution is 2.66. The molecule has 7 heteroatoms. The number of carbonyl (C=O) groups is 2. The number of methoxy groups -OCH3 is 1. The van der Waals surface area contributed by atoms with Gasteiger partial charge in [0.15, 0.2) is 0 Å². The van der Waals surface area contributed by atoms with E-state index in [1.165, 1.54) is 19.3 Å². The first-order valence-corrected chi connectivity index (χ1v) is 11.0. The van der Waals surface area contributed by atoms with Crippen LogP contribution in [0.3, 0.4) is 0 Å². The van der Waals surface area contributed by atoms with Crippen LogP contribution in [-0.2, 0) is 24.3 Å². The third-order valence-electron chi connectivity index (χ3n) is 7.18. The molecule has 0 saturated heterocycles. The third-order valence-corrected chi connectivity index (χ3v) is 7.18. The van der Waals surface area contributed by atoms with Gasteiger partial charge in [0.2, 0.25) is 5.91 Å². The maximum Gasteiger partial charge on any atom is 0.255 e. The number of aromatic nitrogens is 1. The summed E-state index contributed by atoms with van der Waals surface area (Å²) >= 11 is 0. The van der Waals surface area contributed by atoms with Crippen LogP contribution in [0.5, 0.6) is 5.75 Å². The van der Waals surface area contributed by atoms with E-state index < -0.39 is 0 Å². The van der Waals surface area contributed by atoms with Crippen LogP contribution >= 0.6 is 0 Å². The topological polar surface area (TPSA) is 97.5 Å². The van der Waals surface area contributed by atoms with E-state index in [-0.39, 0.29) is 23.6 Å². The minimum atomic E-state index is -0.269. The summed E-state index contributed by atoms with van der Waals surface area (Å²) in [6.45, 7) is 1.54. The molecule has 5 rings (SSSR count). The van der Waals surface area contributed by atoms with E-state index in [0.29, 0.717) is 37.0 Å². The van der Waals surface area contributed by atoms with Gasteiger partial charge < -0.3 is 20.7 Å². The number of benzene rings is 1. The number of carbonyl (C=O) groups excluding carboxylic acids is 2. The van der Waals surface area contributed by atoms with Gasteiger partial charge in [-0.15, -0.1) is 0 Å². The quantitative estimate of drug-likeness (QED) is 0.775. The van der Waals surface area contributed by atoms with Gasteiger partial charge >= 0.3 is 0 Å². The Morgan fingerprint density at radius 2 is 2.16 bits per heavy atom. The summed E-state index contributed by atoms with van der Waals surface area (Å²) in [5, 5.41) is 2.91. The molecule has 1 spiro atoms. The van der Waals surface area contributed by atoms with Gasteiger partial charge in [-0.2, -0.15) is 0 Å². The fraction of sp³-hybridized carbons (Fsp3) is 0.458. The normalized spacial score (nSPS) is 20.5. The van der Waals surface area contributed by atoms with Crippen molar-refractivity contribution >= 4 is 17.6 Å².